The van der Waals surface area contributed by atoms with Gasteiger partial charge in [0.1, 0.15) is 11.6 Å². The van der Waals surface area contributed by atoms with Crippen molar-refractivity contribution in [3.05, 3.63) is 99.0 Å². The first-order valence-corrected chi connectivity index (χ1v) is 10.6. The van der Waals surface area contributed by atoms with Crippen molar-refractivity contribution in [1.29, 1.82) is 0 Å². The van der Waals surface area contributed by atoms with Crippen LogP contribution in [0.1, 0.15) is 28.2 Å². The second-order valence-electron chi connectivity index (χ2n) is 7.83. The molecule has 168 valence electrons. The lowest BCUT2D eigenvalue weighted by atomic mass is 9.97. The fourth-order valence-corrected chi connectivity index (χ4v) is 3.93. The summed E-state index contributed by atoms with van der Waals surface area (Å²) in [5.41, 5.74) is 4.72. The fourth-order valence-electron chi connectivity index (χ4n) is 3.93. The van der Waals surface area contributed by atoms with E-state index in [9.17, 15) is 9.18 Å². The summed E-state index contributed by atoms with van der Waals surface area (Å²) in [4.78, 5) is 13.6. The number of aryl methyl sites for hydroxylation is 3. The molecule has 0 atom stereocenters. The van der Waals surface area contributed by atoms with E-state index in [2.05, 4.69) is 10.2 Å². The van der Waals surface area contributed by atoms with Gasteiger partial charge in [0.15, 0.2) is 0 Å². The summed E-state index contributed by atoms with van der Waals surface area (Å²) in [6.45, 7) is 4.05. The molecule has 2 heterocycles. The van der Waals surface area contributed by atoms with Crippen molar-refractivity contribution >= 4 is 12.2 Å². The van der Waals surface area contributed by atoms with Crippen LogP contribution in [-0.4, -0.2) is 26.7 Å². The molecule has 0 saturated carbocycles. The van der Waals surface area contributed by atoms with Gasteiger partial charge in [0.25, 0.3) is 5.56 Å². The molecule has 2 aromatic carbocycles. The highest BCUT2D eigenvalue weighted by atomic mass is 19.1. The van der Waals surface area contributed by atoms with Gasteiger partial charge in [-0.1, -0.05) is 36.4 Å². The third-order valence-corrected chi connectivity index (χ3v) is 5.44. The second-order valence-corrected chi connectivity index (χ2v) is 7.83. The minimum atomic E-state index is -0.336. The Morgan fingerprint density at radius 3 is 2.52 bits per heavy atom. The van der Waals surface area contributed by atoms with Crippen LogP contribution in [-0.2, 0) is 13.6 Å². The summed E-state index contributed by atoms with van der Waals surface area (Å²) in [5.74, 6) is 0.305. The van der Waals surface area contributed by atoms with Crippen molar-refractivity contribution in [2.24, 2.45) is 7.05 Å². The quantitative estimate of drug-likeness (QED) is 0.435. The number of methoxy groups -OCH3 is 1. The van der Waals surface area contributed by atoms with Gasteiger partial charge >= 0.3 is 0 Å². The summed E-state index contributed by atoms with van der Waals surface area (Å²) in [7, 11) is 3.43. The maximum Gasteiger partial charge on any atom is 0.275 e. The molecule has 0 amide bonds. The molecule has 0 spiro atoms. The SMILES string of the molecule is COc1ccccc1-c1c(C)nn(Cc2cc(C)nn2C)c(=O)c1/C=C/c1cccc(F)c1. The predicted molar refractivity (Wildman–Crippen MR) is 128 cm³/mol. The van der Waals surface area contributed by atoms with Gasteiger partial charge in [-0.25, -0.2) is 9.07 Å². The number of halogens is 1. The van der Waals surface area contributed by atoms with Crippen LogP contribution in [0.3, 0.4) is 0 Å². The van der Waals surface area contributed by atoms with Crippen LogP contribution in [0.25, 0.3) is 23.3 Å². The van der Waals surface area contributed by atoms with Crippen molar-refractivity contribution in [2.75, 3.05) is 7.11 Å². The lowest BCUT2D eigenvalue weighted by molar-refractivity contribution is 0.416. The number of benzene rings is 2. The summed E-state index contributed by atoms with van der Waals surface area (Å²) in [6.07, 6.45) is 3.45. The Hall–Kier alpha value is -4.00. The van der Waals surface area contributed by atoms with Gasteiger partial charge in [0.2, 0.25) is 0 Å². The molecular formula is C26H25FN4O2. The normalized spacial score (nSPS) is 11.3. The van der Waals surface area contributed by atoms with Crippen molar-refractivity contribution < 1.29 is 9.13 Å². The van der Waals surface area contributed by atoms with Crippen LogP contribution >= 0.6 is 0 Å². The van der Waals surface area contributed by atoms with Gasteiger partial charge < -0.3 is 4.74 Å². The number of hydrogen-bond acceptors (Lipinski definition) is 4. The molecule has 0 radical (unpaired) electrons. The summed E-state index contributed by atoms with van der Waals surface area (Å²) < 4.78 is 22.4. The summed E-state index contributed by atoms with van der Waals surface area (Å²) >= 11 is 0. The standard InChI is InChI=1S/C26H25FN4O2/c1-17-14-21(30(3)28-17)16-31-26(32)23(13-12-19-8-7-9-20(27)15-19)25(18(2)29-31)22-10-5-6-11-24(22)33-4/h5-15H,16H2,1-4H3/b13-12+. The maximum atomic E-state index is 13.7. The van der Waals surface area contributed by atoms with Gasteiger partial charge in [-0.2, -0.15) is 10.2 Å². The monoisotopic (exact) mass is 444 g/mol. The number of ether oxygens (including phenoxy) is 1. The smallest absolute Gasteiger partial charge is 0.275 e. The zero-order valence-corrected chi connectivity index (χ0v) is 19.0. The van der Waals surface area contributed by atoms with E-state index in [0.717, 1.165) is 17.0 Å². The zero-order valence-electron chi connectivity index (χ0n) is 19.0. The van der Waals surface area contributed by atoms with Crippen molar-refractivity contribution in [2.45, 2.75) is 20.4 Å². The Balaban J connectivity index is 1.91. The predicted octanol–water partition coefficient (Wildman–Crippen LogP) is 4.63. The molecule has 4 aromatic rings. The Morgan fingerprint density at radius 1 is 1.03 bits per heavy atom. The van der Waals surface area contributed by atoms with Gasteiger partial charge in [-0.3, -0.25) is 9.48 Å². The van der Waals surface area contributed by atoms with Gasteiger partial charge in [0, 0.05) is 18.2 Å². The number of rotatable bonds is 6. The Labute approximate surface area is 191 Å². The van der Waals surface area contributed by atoms with Crippen LogP contribution in [0.5, 0.6) is 5.75 Å². The van der Waals surface area contributed by atoms with E-state index in [4.69, 9.17) is 4.74 Å². The third-order valence-electron chi connectivity index (χ3n) is 5.44. The first-order chi connectivity index (χ1) is 15.9. The molecule has 0 bridgehead atoms. The fraction of sp³-hybridized carbons (Fsp3) is 0.192. The lowest BCUT2D eigenvalue weighted by Crippen LogP contribution is -2.28. The van der Waals surface area contributed by atoms with Crippen molar-refractivity contribution in [3.63, 3.8) is 0 Å². The first kappa shape index (κ1) is 22.2. The van der Waals surface area contributed by atoms with Crippen molar-refractivity contribution in [3.8, 4) is 16.9 Å². The maximum absolute atomic E-state index is 13.7. The Bertz CT molecular complexity index is 1400. The molecule has 33 heavy (non-hydrogen) atoms. The lowest BCUT2D eigenvalue weighted by Gasteiger charge is -2.16. The van der Waals surface area contributed by atoms with Gasteiger partial charge in [-0.05, 0) is 49.8 Å². The molecule has 0 aliphatic rings. The van der Waals surface area contributed by atoms with E-state index in [1.807, 2.05) is 51.2 Å². The molecule has 0 aliphatic heterocycles. The number of hydrogen-bond donors (Lipinski definition) is 0. The third kappa shape index (κ3) is 4.62. The molecule has 4 rings (SSSR count). The average Bonchev–Trinajstić information content (AvgIpc) is 3.11. The summed E-state index contributed by atoms with van der Waals surface area (Å²) in [6, 6.07) is 15.7. The van der Waals surface area contributed by atoms with Gasteiger partial charge in [-0.15, -0.1) is 0 Å². The Morgan fingerprint density at radius 2 is 1.82 bits per heavy atom. The molecule has 0 N–H and O–H groups in total. The molecule has 0 fully saturated rings. The number of para-hydroxylation sites is 1. The minimum absolute atomic E-state index is 0.256. The largest absolute Gasteiger partial charge is 0.496 e. The summed E-state index contributed by atoms with van der Waals surface area (Å²) in [5, 5.41) is 8.97. The van der Waals surface area contributed by atoms with E-state index in [1.54, 1.807) is 36.1 Å². The highest BCUT2D eigenvalue weighted by Gasteiger charge is 2.19. The molecule has 0 aliphatic carbocycles. The molecule has 0 unspecified atom stereocenters. The first-order valence-electron chi connectivity index (χ1n) is 10.6. The highest BCUT2D eigenvalue weighted by molar-refractivity contribution is 5.84. The number of aromatic nitrogens is 4. The van der Waals surface area contributed by atoms with Crippen molar-refractivity contribution in [1.82, 2.24) is 19.6 Å². The van der Waals surface area contributed by atoms with Crippen LogP contribution in [0.2, 0.25) is 0 Å². The average molecular weight is 445 g/mol. The zero-order chi connectivity index (χ0) is 23.5. The second kappa shape index (κ2) is 9.24. The Kier molecular flexibility index (Phi) is 6.22. The molecular weight excluding hydrogens is 419 g/mol. The van der Waals surface area contributed by atoms with Gasteiger partial charge in [0.05, 0.1) is 36.3 Å². The molecule has 6 nitrogen and oxygen atoms in total. The van der Waals surface area contributed by atoms with Crippen LogP contribution in [0, 0.1) is 19.7 Å². The molecule has 2 aromatic heterocycles. The topological polar surface area (TPSA) is 61.9 Å². The van der Waals surface area contributed by atoms with E-state index in [1.165, 1.54) is 16.8 Å². The van der Waals surface area contributed by atoms with Crippen LogP contribution in [0.4, 0.5) is 4.39 Å². The van der Waals surface area contributed by atoms with Crippen LogP contribution < -0.4 is 10.3 Å². The van der Waals surface area contributed by atoms with E-state index in [0.29, 0.717) is 28.1 Å². The minimum Gasteiger partial charge on any atom is -0.496 e. The molecule has 0 saturated heterocycles. The van der Waals surface area contributed by atoms with Crippen LogP contribution in [0.15, 0.2) is 59.4 Å². The van der Waals surface area contributed by atoms with E-state index < -0.39 is 0 Å². The van der Waals surface area contributed by atoms with E-state index >= 15 is 0 Å². The molecule has 7 heteroatoms. The van der Waals surface area contributed by atoms with E-state index in [-0.39, 0.29) is 17.9 Å². The number of nitrogens with zero attached hydrogens (tertiary/aromatic N) is 4. The highest BCUT2D eigenvalue weighted by Crippen LogP contribution is 2.33.